The molecule has 18 heavy (non-hydrogen) atoms. The molecule has 0 atom stereocenters. The van der Waals surface area contributed by atoms with E-state index in [4.69, 9.17) is 5.11 Å². The Balaban J connectivity index is 1.99. The van der Waals surface area contributed by atoms with E-state index in [1.54, 1.807) is 6.20 Å². The predicted molar refractivity (Wildman–Crippen MR) is 76.4 cm³/mol. The van der Waals surface area contributed by atoms with Crippen molar-refractivity contribution in [3.8, 4) is 0 Å². The Kier molecular flexibility index (Phi) is 4.33. The van der Waals surface area contributed by atoms with E-state index < -0.39 is 0 Å². The summed E-state index contributed by atoms with van der Waals surface area (Å²) in [4.78, 5) is 4.29. The van der Waals surface area contributed by atoms with Crippen molar-refractivity contribution in [2.75, 3.05) is 5.32 Å². The Morgan fingerprint density at radius 1 is 1.22 bits per heavy atom. The SMILES string of the molecule is Cc1cc(NCc2ccc(CO)cc2)ncc1Br. The highest BCUT2D eigenvalue weighted by Gasteiger charge is 1.99. The van der Waals surface area contributed by atoms with Crippen LogP contribution in [0.2, 0.25) is 0 Å². The molecule has 2 aromatic rings. The van der Waals surface area contributed by atoms with Crippen molar-refractivity contribution in [2.45, 2.75) is 20.1 Å². The van der Waals surface area contributed by atoms with Crippen LogP contribution in [-0.2, 0) is 13.2 Å². The molecule has 1 aromatic carbocycles. The Hall–Kier alpha value is -1.39. The van der Waals surface area contributed by atoms with Crippen molar-refractivity contribution in [3.05, 3.63) is 57.7 Å². The third-order valence-corrected chi connectivity index (χ3v) is 3.56. The van der Waals surface area contributed by atoms with E-state index in [1.807, 2.05) is 37.3 Å². The van der Waals surface area contributed by atoms with Gasteiger partial charge >= 0.3 is 0 Å². The third-order valence-electron chi connectivity index (χ3n) is 2.73. The van der Waals surface area contributed by atoms with Crippen LogP contribution in [0.3, 0.4) is 0 Å². The van der Waals surface area contributed by atoms with Gasteiger partial charge in [0.15, 0.2) is 0 Å². The van der Waals surface area contributed by atoms with Crippen molar-refractivity contribution >= 4 is 21.7 Å². The molecule has 3 nitrogen and oxygen atoms in total. The zero-order valence-electron chi connectivity index (χ0n) is 10.2. The van der Waals surface area contributed by atoms with Crippen LogP contribution in [0.25, 0.3) is 0 Å². The summed E-state index contributed by atoms with van der Waals surface area (Å²) in [7, 11) is 0. The number of anilines is 1. The second kappa shape index (κ2) is 5.98. The first-order valence-electron chi connectivity index (χ1n) is 5.74. The summed E-state index contributed by atoms with van der Waals surface area (Å²) in [6.45, 7) is 2.84. The average molecular weight is 307 g/mol. The summed E-state index contributed by atoms with van der Waals surface area (Å²) in [6, 6.07) is 9.87. The molecule has 0 bridgehead atoms. The number of benzene rings is 1. The zero-order chi connectivity index (χ0) is 13.0. The number of aliphatic hydroxyl groups is 1. The number of aromatic nitrogens is 1. The number of nitrogens with zero attached hydrogens (tertiary/aromatic N) is 1. The highest BCUT2D eigenvalue weighted by atomic mass is 79.9. The maximum Gasteiger partial charge on any atom is 0.126 e. The minimum Gasteiger partial charge on any atom is -0.392 e. The number of nitrogens with one attached hydrogen (secondary N) is 1. The largest absolute Gasteiger partial charge is 0.392 e. The van der Waals surface area contributed by atoms with E-state index in [0.29, 0.717) is 0 Å². The maximum atomic E-state index is 8.96. The number of pyridine rings is 1. The van der Waals surface area contributed by atoms with Crippen LogP contribution in [0.5, 0.6) is 0 Å². The smallest absolute Gasteiger partial charge is 0.126 e. The molecule has 0 saturated heterocycles. The molecule has 0 saturated carbocycles. The van der Waals surface area contributed by atoms with Gasteiger partial charge in [-0.2, -0.15) is 0 Å². The first kappa shape index (κ1) is 13.1. The molecule has 0 fully saturated rings. The molecular formula is C14H15BrN2O. The van der Waals surface area contributed by atoms with Gasteiger partial charge in [0.1, 0.15) is 5.82 Å². The molecule has 1 aromatic heterocycles. The number of hydrogen-bond donors (Lipinski definition) is 2. The molecule has 0 aliphatic carbocycles. The first-order valence-corrected chi connectivity index (χ1v) is 6.53. The fraction of sp³-hybridized carbons (Fsp3) is 0.214. The second-order valence-corrected chi connectivity index (χ2v) is 5.00. The van der Waals surface area contributed by atoms with E-state index >= 15 is 0 Å². The van der Waals surface area contributed by atoms with Gasteiger partial charge in [0, 0.05) is 17.2 Å². The normalized spacial score (nSPS) is 10.4. The summed E-state index contributed by atoms with van der Waals surface area (Å²) in [5.41, 5.74) is 3.24. The average Bonchev–Trinajstić information content (AvgIpc) is 2.41. The minimum atomic E-state index is 0.0845. The van der Waals surface area contributed by atoms with Crippen LogP contribution in [0.4, 0.5) is 5.82 Å². The van der Waals surface area contributed by atoms with E-state index in [2.05, 4.69) is 26.2 Å². The molecule has 0 amide bonds. The monoisotopic (exact) mass is 306 g/mol. The van der Waals surface area contributed by atoms with Gasteiger partial charge in [-0.05, 0) is 45.6 Å². The van der Waals surface area contributed by atoms with Gasteiger partial charge in [-0.25, -0.2) is 4.98 Å². The van der Waals surface area contributed by atoms with E-state index in [9.17, 15) is 0 Å². The van der Waals surface area contributed by atoms with Gasteiger partial charge in [-0.1, -0.05) is 24.3 Å². The number of hydrogen-bond acceptors (Lipinski definition) is 3. The van der Waals surface area contributed by atoms with Crippen LogP contribution < -0.4 is 5.32 Å². The fourth-order valence-corrected chi connectivity index (χ4v) is 1.81. The molecular weight excluding hydrogens is 292 g/mol. The molecule has 0 radical (unpaired) electrons. The lowest BCUT2D eigenvalue weighted by Gasteiger charge is -2.07. The molecule has 2 rings (SSSR count). The zero-order valence-corrected chi connectivity index (χ0v) is 11.7. The highest BCUT2D eigenvalue weighted by Crippen LogP contribution is 2.17. The minimum absolute atomic E-state index is 0.0845. The van der Waals surface area contributed by atoms with Crippen LogP contribution in [0.1, 0.15) is 16.7 Å². The van der Waals surface area contributed by atoms with Crippen molar-refractivity contribution in [1.29, 1.82) is 0 Å². The van der Waals surface area contributed by atoms with Crippen LogP contribution in [-0.4, -0.2) is 10.1 Å². The molecule has 0 unspecified atom stereocenters. The Morgan fingerprint density at radius 3 is 2.50 bits per heavy atom. The predicted octanol–water partition coefficient (Wildman–Crippen LogP) is 3.26. The van der Waals surface area contributed by atoms with Gasteiger partial charge < -0.3 is 10.4 Å². The quantitative estimate of drug-likeness (QED) is 0.911. The van der Waals surface area contributed by atoms with Gasteiger partial charge in [-0.15, -0.1) is 0 Å². The molecule has 94 valence electrons. The number of halogens is 1. The molecule has 0 spiro atoms. The van der Waals surface area contributed by atoms with Crippen molar-refractivity contribution in [2.24, 2.45) is 0 Å². The van der Waals surface area contributed by atoms with E-state index in [-0.39, 0.29) is 6.61 Å². The highest BCUT2D eigenvalue weighted by molar-refractivity contribution is 9.10. The van der Waals surface area contributed by atoms with Gasteiger partial charge in [0.25, 0.3) is 0 Å². The number of aliphatic hydroxyl groups excluding tert-OH is 1. The standard InChI is InChI=1S/C14H15BrN2O/c1-10-6-14(17-8-13(10)15)16-7-11-2-4-12(9-18)5-3-11/h2-6,8,18H,7,9H2,1H3,(H,16,17). The molecule has 0 aliphatic rings. The number of rotatable bonds is 4. The maximum absolute atomic E-state index is 8.96. The molecule has 2 N–H and O–H groups in total. The summed E-state index contributed by atoms with van der Waals surface area (Å²) >= 11 is 3.43. The van der Waals surface area contributed by atoms with Crippen molar-refractivity contribution in [3.63, 3.8) is 0 Å². The lowest BCUT2D eigenvalue weighted by molar-refractivity contribution is 0.282. The summed E-state index contributed by atoms with van der Waals surface area (Å²) < 4.78 is 1.01. The summed E-state index contributed by atoms with van der Waals surface area (Å²) in [6.07, 6.45) is 1.80. The third kappa shape index (κ3) is 3.31. The van der Waals surface area contributed by atoms with Crippen LogP contribution >= 0.6 is 15.9 Å². The molecule has 0 aliphatic heterocycles. The Morgan fingerprint density at radius 2 is 1.89 bits per heavy atom. The van der Waals surface area contributed by atoms with Crippen molar-refractivity contribution < 1.29 is 5.11 Å². The lowest BCUT2D eigenvalue weighted by Crippen LogP contribution is -2.01. The fourth-order valence-electron chi connectivity index (χ4n) is 1.59. The van der Waals surface area contributed by atoms with E-state index in [0.717, 1.165) is 33.5 Å². The molecule has 1 heterocycles. The Labute approximate surface area is 115 Å². The topological polar surface area (TPSA) is 45.1 Å². The number of aryl methyl sites for hydroxylation is 1. The molecule has 4 heteroatoms. The van der Waals surface area contributed by atoms with Gasteiger partial charge in [-0.3, -0.25) is 0 Å². The second-order valence-electron chi connectivity index (χ2n) is 4.15. The Bertz CT molecular complexity index is 526. The summed E-state index contributed by atoms with van der Waals surface area (Å²) in [5, 5.41) is 12.2. The lowest BCUT2D eigenvalue weighted by atomic mass is 10.1. The first-order chi connectivity index (χ1) is 8.69. The van der Waals surface area contributed by atoms with Crippen molar-refractivity contribution in [1.82, 2.24) is 4.98 Å². The van der Waals surface area contributed by atoms with E-state index in [1.165, 1.54) is 0 Å². The van der Waals surface area contributed by atoms with Crippen LogP contribution in [0.15, 0.2) is 41.0 Å². The van der Waals surface area contributed by atoms with Crippen LogP contribution in [0, 0.1) is 6.92 Å². The van der Waals surface area contributed by atoms with Gasteiger partial charge in [0.05, 0.1) is 6.61 Å². The summed E-state index contributed by atoms with van der Waals surface area (Å²) in [5.74, 6) is 0.863. The van der Waals surface area contributed by atoms with Gasteiger partial charge in [0.2, 0.25) is 0 Å².